The molecule has 0 aliphatic carbocycles. The largest absolute Gasteiger partial charge is 0.370 e. The van der Waals surface area contributed by atoms with Crippen molar-refractivity contribution in [3.05, 3.63) is 65.5 Å². The number of anilines is 1. The predicted molar refractivity (Wildman–Crippen MR) is 77.6 cm³/mol. The maximum atomic E-state index is 13.7. The molecule has 0 saturated heterocycles. The van der Waals surface area contributed by atoms with Crippen molar-refractivity contribution in [2.24, 2.45) is 5.73 Å². The standard InChI is InChI=1S/C16H17F3N2/c1-2-21(13-6-3-11(17)4-7-13)10-16(20)14-9-12(18)5-8-15(14)19/h3-9,16H,2,10,20H2,1H3. The Kier molecular flexibility index (Phi) is 4.85. The molecule has 5 heteroatoms. The van der Waals surface area contributed by atoms with E-state index in [4.69, 9.17) is 5.73 Å². The first-order valence-corrected chi connectivity index (χ1v) is 6.72. The highest BCUT2D eigenvalue weighted by Crippen LogP contribution is 2.21. The van der Waals surface area contributed by atoms with Gasteiger partial charge in [-0.2, -0.15) is 0 Å². The molecule has 0 heterocycles. The van der Waals surface area contributed by atoms with E-state index in [1.807, 2.05) is 11.8 Å². The molecule has 2 N–H and O–H groups in total. The van der Waals surface area contributed by atoms with Crippen LogP contribution < -0.4 is 10.6 Å². The third kappa shape index (κ3) is 3.76. The third-order valence-electron chi connectivity index (χ3n) is 3.35. The zero-order valence-corrected chi connectivity index (χ0v) is 11.7. The molecule has 0 spiro atoms. The van der Waals surface area contributed by atoms with Gasteiger partial charge >= 0.3 is 0 Å². The van der Waals surface area contributed by atoms with Crippen molar-refractivity contribution in [3.63, 3.8) is 0 Å². The number of likely N-dealkylation sites (N-methyl/N-ethyl adjacent to an activating group) is 1. The third-order valence-corrected chi connectivity index (χ3v) is 3.35. The van der Waals surface area contributed by atoms with Crippen molar-refractivity contribution in [1.29, 1.82) is 0 Å². The van der Waals surface area contributed by atoms with Gasteiger partial charge < -0.3 is 10.6 Å². The normalized spacial score (nSPS) is 12.2. The number of hydrogen-bond donors (Lipinski definition) is 1. The maximum absolute atomic E-state index is 13.7. The van der Waals surface area contributed by atoms with Crippen molar-refractivity contribution in [2.45, 2.75) is 13.0 Å². The summed E-state index contributed by atoms with van der Waals surface area (Å²) in [6.45, 7) is 2.84. The molecule has 1 atom stereocenters. The van der Waals surface area contributed by atoms with Crippen LogP contribution in [0, 0.1) is 17.5 Å². The fourth-order valence-corrected chi connectivity index (χ4v) is 2.20. The minimum atomic E-state index is -0.675. The molecule has 112 valence electrons. The molecule has 0 amide bonds. The Morgan fingerprint density at radius 1 is 1.00 bits per heavy atom. The van der Waals surface area contributed by atoms with Gasteiger partial charge in [0.25, 0.3) is 0 Å². The molecular weight excluding hydrogens is 277 g/mol. The highest BCUT2D eigenvalue weighted by atomic mass is 19.1. The molecule has 2 rings (SSSR count). The smallest absolute Gasteiger partial charge is 0.128 e. The first kappa shape index (κ1) is 15.4. The minimum Gasteiger partial charge on any atom is -0.370 e. The molecule has 21 heavy (non-hydrogen) atoms. The van der Waals surface area contributed by atoms with Crippen molar-refractivity contribution < 1.29 is 13.2 Å². The minimum absolute atomic E-state index is 0.135. The lowest BCUT2D eigenvalue weighted by atomic mass is 10.1. The molecule has 0 saturated carbocycles. The Labute approximate surface area is 122 Å². The second kappa shape index (κ2) is 6.63. The van der Waals surface area contributed by atoms with Crippen LogP contribution in [-0.2, 0) is 0 Å². The summed E-state index contributed by atoms with van der Waals surface area (Å²) in [7, 11) is 0. The summed E-state index contributed by atoms with van der Waals surface area (Å²) < 4.78 is 39.9. The van der Waals surface area contributed by atoms with E-state index in [0.717, 1.165) is 23.9 Å². The summed E-state index contributed by atoms with van der Waals surface area (Å²) in [6.07, 6.45) is 0. The van der Waals surface area contributed by atoms with Crippen LogP contribution in [0.4, 0.5) is 18.9 Å². The van der Waals surface area contributed by atoms with E-state index in [9.17, 15) is 13.2 Å². The summed E-state index contributed by atoms with van der Waals surface area (Å²) in [6, 6.07) is 8.53. The van der Waals surface area contributed by atoms with Gasteiger partial charge in [-0.05, 0) is 49.4 Å². The first-order valence-electron chi connectivity index (χ1n) is 6.72. The molecule has 2 aromatic rings. The summed E-state index contributed by atoms with van der Waals surface area (Å²) in [5, 5.41) is 0. The van der Waals surface area contributed by atoms with Gasteiger partial charge in [-0.1, -0.05) is 0 Å². The number of nitrogens with zero attached hydrogens (tertiary/aromatic N) is 1. The van der Waals surface area contributed by atoms with Crippen LogP contribution in [0.2, 0.25) is 0 Å². The first-order chi connectivity index (χ1) is 10.0. The van der Waals surface area contributed by atoms with E-state index in [-0.39, 0.29) is 11.4 Å². The van der Waals surface area contributed by atoms with Gasteiger partial charge in [0, 0.05) is 24.3 Å². The van der Waals surface area contributed by atoms with Crippen molar-refractivity contribution >= 4 is 5.69 Å². The van der Waals surface area contributed by atoms with E-state index in [2.05, 4.69) is 0 Å². The SMILES string of the molecule is CCN(CC(N)c1cc(F)ccc1F)c1ccc(F)cc1. The molecule has 2 aromatic carbocycles. The molecule has 0 fully saturated rings. The predicted octanol–water partition coefficient (Wildman–Crippen LogP) is 3.63. The van der Waals surface area contributed by atoms with Gasteiger partial charge in [-0.15, -0.1) is 0 Å². The summed E-state index contributed by atoms with van der Waals surface area (Å²) in [5.74, 6) is -1.37. The lowest BCUT2D eigenvalue weighted by Gasteiger charge is -2.27. The van der Waals surface area contributed by atoms with Crippen LogP contribution in [0.1, 0.15) is 18.5 Å². The summed E-state index contributed by atoms with van der Waals surface area (Å²) >= 11 is 0. The fraction of sp³-hybridized carbons (Fsp3) is 0.250. The quantitative estimate of drug-likeness (QED) is 0.912. The summed E-state index contributed by atoms with van der Waals surface area (Å²) in [5.41, 5.74) is 6.90. The van der Waals surface area contributed by atoms with Gasteiger partial charge in [0.2, 0.25) is 0 Å². The Morgan fingerprint density at radius 3 is 2.24 bits per heavy atom. The van der Waals surface area contributed by atoms with Crippen LogP contribution >= 0.6 is 0 Å². The Morgan fingerprint density at radius 2 is 1.62 bits per heavy atom. The number of hydrogen-bond acceptors (Lipinski definition) is 2. The van der Waals surface area contributed by atoms with Crippen LogP contribution in [0.5, 0.6) is 0 Å². The van der Waals surface area contributed by atoms with E-state index >= 15 is 0 Å². The number of halogens is 3. The van der Waals surface area contributed by atoms with Gasteiger partial charge in [0.05, 0.1) is 6.04 Å². The van der Waals surface area contributed by atoms with Crippen LogP contribution in [0.3, 0.4) is 0 Å². The van der Waals surface area contributed by atoms with Crippen LogP contribution in [0.15, 0.2) is 42.5 Å². The second-order valence-corrected chi connectivity index (χ2v) is 4.79. The number of rotatable bonds is 5. The van der Waals surface area contributed by atoms with Crippen molar-refractivity contribution in [3.8, 4) is 0 Å². The molecule has 0 aliphatic heterocycles. The summed E-state index contributed by atoms with van der Waals surface area (Å²) in [4.78, 5) is 1.88. The lowest BCUT2D eigenvalue weighted by molar-refractivity contribution is 0.557. The number of benzene rings is 2. The topological polar surface area (TPSA) is 29.3 Å². The highest BCUT2D eigenvalue weighted by molar-refractivity contribution is 5.46. The van der Waals surface area contributed by atoms with E-state index in [0.29, 0.717) is 13.1 Å². The van der Waals surface area contributed by atoms with Crippen molar-refractivity contribution in [2.75, 3.05) is 18.0 Å². The van der Waals surface area contributed by atoms with Crippen LogP contribution in [0.25, 0.3) is 0 Å². The van der Waals surface area contributed by atoms with E-state index in [1.165, 1.54) is 12.1 Å². The number of nitrogens with two attached hydrogens (primary N) is 1. The molecule has 2 nitrogen and oxygen atoms in total. The molecule has 0 bridgehead atoms. The molecule has 0 aliphatic rings. The van der Waals surface area contributed by atoms with Gasteiger partial charge in [-0.3, -0.25) is 0 Å². The Bertz CT molecular complexity index is 599. The zero-order chi connectivity index (χ0) is 15.4. The zero-order valence-electron chi connectivity index (χ0n) is 11.7. The molecule has 0 aromatic heterocycles. The maximum Gasteiger partial charge on any atom is 0.128 e. The van der Waals surface area contributed by atoms with Gasteiger partial charge in [-0.25, -0.2) is 13.2 Å². The van der Waals surface area contributed by atoms with Gasteiger partial charge in [0.15, 0.2) is 0 Å². The highest BCUT2D eigenvalue weighted by Gasteiger charge is 2.16. The monoisotopic (exact) mass is 294 g/mol. The van der Waals surface area contributed by atoms with E-state index in [1.54, 1.807) is 12.1 Å². The van der Waals surface area contributed by atoms with Crippen LogP contribution in [-0.4, -0.2) is 13.1 Å². The fourth-order valence-electron chi connectivity index (χ4n) is 2.20. The van der Waals surface area contributed by atoms with E-state index < -0.39 is 17.7 Å². The second-order valence-electron chi connectivity index (χ2n) is 4.79. The van der Waals surface area contributed by atoms with Crippen molar-refractivity contribution in [1.82, 2.24) is 0 Å². The van der Waals surface area contributed by atoms with Gasteiger partial charge in [0.1, 0.15) is 17.5 Å². The average Bonchev–Trinajstić information content (AvgIpc) is 2.48. The Hall–Kier alpha value is -2.01. The molecule has 1 unspecified atom stereocenters. The molecular formula is C16H17F3N2. The Balaban J connectivity index is 2.17. The average molecular weight is 294 g/mol. The molecule has 0 radical (unpaired) electrons. The lowest BCUT2D eigenvalue weighted by Crippen LogP contribution is -2.32.